The Hall–Kier alpha value is -2.68. The number of allylic oxidation sites excluding steroid dienone is 1. The Morgan fingerprint density at radius 3 is 2.68 bits per heavy atom. The molecule has 1 aromatic rings. The van der Waals surface area contributed by atoms with Crippen molar-refractivity contribution < 1.29 is 14.5 Å². The maximum Gasteiger partial charge on any atom is 0.338 e. The number of nitro groups is 1. The topological polar surface area (TPSA) is 96.7 Å². The highest BCUT2D eigenvalue weighted by Gasteiger charge is 2.32. The van der Waals surface area contributed by atoms with E-state index in [0.29, 0.717) is 27.6 Å². The van der Waals surface area contributed by atoms with Crippen LogP contribution in [0.15, 0.2) is 29.5 Å². The van der Waals surface area contributed by atoms with Crippen molar-refractivity contribution in [2.24, 2.45) is 0 Å². The summed E-state index contributed by atoms with van der Waals surface area (Å²) in [6.45, 7) is 3.66. The van der Waals surface area contributed by atoms with Crippen LogP contribution in [0.25, 0.3) is 0 Å². The number of nitro benzene ring substituents is 1. The van der Waals surface area contributed by atoms with Crippen LogP contribution in [0.2, 0.25) is 0 Å². The van der Waals surface area contributed by atoms with Crippen molar-refractivity contribution in [2.45, 2.75) is 19.9 Å². The fraction of sp³-hybridized carbons (Fsp3) is 0.375. The van der Waals surface area contributed by atoms with Crippen LogP contribution in [0.3, 0.4) is 0 Å². The van der Waals surface area contributed by atoms with Crippen molar-refractivity contribution >= 4 is 34.7 Å². The fourth-order valence-corrected chi connectivity index (χ4v) is 2.94. The van der Waals surface area contributed by atoms with Gasteiger partial charge < -0.3 is 20.3 Å². The van der Waals surface area contributed by atoms with Crippen LogP contribution in [0.4, 0.5) is 11.4 Å². The molecule has 0 unspecified atom stereocenters. The molecule has 0 saturated carbocycles. The quantitative estimate of drug-likeness (QED) is 0.354. The molecule has 0 amide bonds. The summed E-state index contributed by atoms with van der Waals surface area (Å²) < 4.78 is 5.12. The van der Waals surface area contributed by atoms with Crippen LogP contribution < -0.4 is 15.5 Å². The zero-order chi connectivity index (χ0) is 18.7. The van der Waals surface area contributed by atoms with Crippen molar-refractivity contribution in [1.82, 2.24) is 10.6 Å². The van der Waals surface area contributed by atoms with Gasteiger partial charge in [-0.15, -0.1) is 0 Å². The summed E-state index contributed by atoms with van der Waals surface area (Å²) in [5.74, 6) is -0.494. The van der Waals surface area contributed by atoms with Gasteiger partial charge in [-0.1, -0.05) is 6.07 Å². The van der Waals surface area contributed by atoms with E-state index in [1.807, 2.05) is 0 Å². The van der Waals surface area contributed by atoms with E-state index in [1.54, 1.807) is 45.0 Å². The summed E-state index contributed by atoms with van der Waals surface area (Å²) in [6, 6.07) is 4.22. The van der Waals surface area contributed by atoms with Crippen LogP contribution >= 0.6 is 12.2 Å². The molecular formula is C16H20N4O4S. The number of esters is 1. The highest BCUT2D eigenvalue weighted by molar-refractivity contribution is 7.80. The lowest BCUT2D eigenvalue weighted by atomic mass is 9.95. The van der Waals surface area contributed by atoms with E-state index >= 15 is 0 Å². The highest BCUT2D eigenvalue weighted by atomic mass is 32.1. The van der Waals surface area contributed by atoms with Gasteiger partial charge in [0.25, 0.3) is 5.69 Å². The molecule has 0 fully saturated rings. The molecule has 1 atom stereocenters. The minimum atomic E-state index is -0.622. The summed E-state index contributed by atoms with van der Waals surface area (Å²) in [6.07, 6.45) is 0. The van der Waals surface area contributed by atoms with E-state index in [2.05, 4.69) is 10.6 Å². The van der Waals surface area contributed by atoms with Gasteiger partial charge in [-0.25, -0.2) is 4.79 Å². The van der Waals surface area contributed by atoms with Crippen molar-refractivity contribution in [1.29, 1.82) is 0 Å². The Bertz CT molecular complexity index is 761. The second-order valence-electron chi connectivity index (χ2n) is 5.69. The number of nitrogens with zero attached hydrogens (tertiary/aromatic N) is 2. The van der Waals surface area contributed by atoms with Crippen LogP contribution in [-0.2, 0) is 9.53 Å². The van der Waals surface area contributed by atoms with Crippen LogP contribution in [0.1, 0.15) is 25.5 Å². The van der Waals surface area contributed by atoms with Gasteiger partial charge in [0.15, 0.2) is 5.11 Å². The largest absolute Gasteiger partial charge is 0.463 e. The summed E-state index contributed by atoms with van der Waals surface area (Å²) in [4.78, 5) is 25.0. The number of hydrogen-bond acceptors (Lipinski definition) is 6. The number of rotatable bonds is 5. The molecule has 1 aliphatic heterocycles. The van der Waals surface area contributed by atoms with E-state index in [-0.39, 0.29) is 12.3 Å². The molecule has 1 aliphatic rings. The van der Waals surface area contributed by atoms with Gasteiger partial charge in [-0.3, -0.25) is 10.1 Å². The second kappa shape index (κ2) is 7.47. The van der Waals surface area contributed by atoms with Gasteiger partial charge in [0.2, 0.25) is 0 Å². The lowest BCUT2D eigenvalue weighted by Crippen LogP contribution is -2.45. The Morgan fingerprint density at radius 1 is 1.44 bits per heavy atom. The molecule has 0 aliphatic carbocycles. The average molecular weight is 364 g/mol. The molecule has 0 bridgehead atoms. The number of nitrogens with one attached hydrogen (secondary N) is 2. The first-order valence-electron chi connectivity index (χ1n) is 7.67. The molecule has 0 saturated heterocycles. The minimum absolute atomic E-state index is 0.0467. The lowest BCUT2D eigenvalue weighted by Gasteiger charge is -2.30. The first-order valence-corrected chi connectivity index (χ1v) is 8.08. The average Bonchev–Trinajstić information content (AvgIpc) is 2.53. The number of carbonyl (C=O) groups excluding carboxylic acids is 1. The summed E-state index contributed by atoms with van der Waals surface area (Å²) >= 11 is 5.17. The third-order valence-electron chi connectivity index (χ3n) is 3.78. The number of ether oxygens (including phenoxy) is 1. The lowest BCUT2D eigenvalue weighted by molar-refractivity contribution is -0.384. The molecule has 2 rings (SSSR count). The molecule has 0 spiro atoms. The number of benzene rings is 1. The standard InChI is InChI=1S/C16H20N4O4S/c1-5-24-15(21)13-9(2)17-16(25)18-14(13)10-6-7-11(19(3)4)12(8-10)20(22)23/h6-8,14H,5H2,1-4H3,(H2,17,18,25)/t14-/m0/s1. The van der Waals surface area contributed by atoms with E-state index < -0.39 is 16.9 Å². The normalized spacial score (nSPS) is 16.8. The van der Waals surface area contributed by atoms with Gasteiger partial charge >= 0.3 is 5.97 Å². The van der Waals surface area contributed by atoms with Gasteiger partial charge in [0.1, 0.15) is 5.69 Å². The molecular weight excluding hydrogens is 344 g/mol. The number of thiocarbonyl (C=S) groups is 1. The van der Waals surface area contributed by atoms with E-state index in [9.17, 15) is 14.9 Å². The zero-order valence-electron chi connectivity index (χ0n) is 14.5. The molecule has 25 heavy (non-hydrogen) atoms. The predicted molar refractivity (Wildman–Crippen MR) is 98.4 cm³/mol. The van der Waals surface area contributed by atoms with Gasteiger partial charge in [0, 0.05) is 25.9 Å². The molecule has 8 nitrogen and oxygen atoms in total. The number of anilines is 1. The molecule has 134 valence electrons. The van der Waals surface area contributed by atoms with Gasteiger partial charge in [-0.2, -0.15) is 0 Å². The van der Waals surface area contributed by atoms with Crippen LogP contribution in [0.5, 0.6) is 0 Å². The first kappa shape index (κ1) is 18.7. The number of carbonyl (C=O) groups is 1. The summed E-state index contributed by atoms with van der Waals surface area (Å²) in [5, 5.41) is 17.7. The summed E-state index contributed by atoms with van der Waals surface area (Å²) in [7, 11) is 3.46. The van der Waals surface area contributed by atoms with Crippen LogP contribution in [0, 0.1) is 10.1 Å². The number of hydrogen-bond donors (Lipinski definition) is 2. The Balaban J connectivity index is 2.55. The van der Waals surface area contributed by atoms with Gasteiger partial charge in [-0.05, 0) is 37.7 Å². The van der Waals surface area contributed by atoms with Crippen molar-refractivity contribution in [2.75, 3.05) is 25.6 Å². The van der Waals surface area contributed by atoms with Gasteiger partial charge in [0.05, 0.1) is 23.1 Å². The highest BCUT2D eigenvalue weighted by Crippen LogP contribution is 2.34. The Labute approximate surface area is 151 Å². The Kier molecular flexibility index (Phi) is 5.58. The third-order valence-corrected chi connectivity index (χ3v) is 4.00. The third kappa shape index (κ3) is 3.87. The van der Waals surface area contributed by atoms with E-state index in [0.717, 1.165) is 0 Å². The first-order chi connectivity index (χ1) is 11.8. The monoisotopic (exact) mass is 364 g/mol. The summed E-state index contributed by atoms with van der Waals surface area (Å²) in [5.41, 5.74) is 1.90. The molecule has 2 N–H and O–H groups in total. The van der Waals surface area contributed by atoms with Crippen molar-refractivity contribution in [3.8, 4) is 0 Å². The van der Waals surface area contributed by atoms with Crippen molar-refractivity contribution in [3.05, 3.63) is 45.1 Å². The minimum Gasteiger partial charge on any atom is -0.463 e. The fourth-order valence-electron chi connectivity index (χ4n) is 2.67. The van der Waals surface area contributed by atoms with E-state index in [1.165, 1.54) is 6.07 Å². The maximum absolute atomic E-state index is 12.3. The smallest absolute Gasteiger partial charge is 0.338 e. The zero-order valence-corrected chi connectivity index (χ0v) is 15.3. The predicted octanol–water partition coefficient (Wildman–Crippen LogP) is 2.02. The van der Waals surface area contributed by atoms with Crippen LogP contribution in [-0.4, -0.2) is 36.7 Å². The molecule has 1 heterocycles. The molecule has 1 aromatic carbocycles. The molecule has 0 radical (unpaired) electrons. The molecule has 0 aromatic heterocycles. The maximum atomic E-state index is 12.3. The van der Waals surface area contributed by atoms with Crippen molar-refractivity contribution in [3.63, 3.8) is 0 Å². The van der Waals surface area contributed by atoms with E-state index in [4.69, 9.17) is 17.0 Å². The SMILES string of the molecule is CCOC(=O)C1=C(C)NC(=S)N[C@H]1c1ccc(N(C)C)c([N+](=O)[O-])c1. The Morgan fingerprint density at radius 2 is 2.12 bits per heavy atom. The second-order valence-corrected chi connectivity index (χ2v) is 6.10. The molecule has 9 heteroatoms.